The fourth-order valence-electron chi connectivity index (χ4n) is 2.53. The molecule has 0 aromatic heterocycles. The number of nitrogens with zero attached hydrogens (tertiary/aromatic N) is 2. The van der Waals surface area contributed by atoms with E-state index in [0.29, 0.717) is 0 Å². The second kappa shape index (κ2) is 8.63. The van der Waals surface area contributed by atoms with E-state index in [1.165, 1.54) is 0 Å². The number of likely N-dealkylation sites (N-methyl/N-ethyl adjacent to an activating group) is 1. The smallest absolute Gasteiger partial charge is 0.0511 e. The van der Waals surface area contributed by atoms with Gasteiger partial charge in [0, 0.05) is 24.2 Å². The highest BCUT2D eigenvalue weighted by Gasteiger charge is 2.25. The highest BCUT2D eigenvalue weighted by atomic mass is 35.5. The Kier molecular flexibility index (Phi) is 7.52. The zero-order chi connectivity index (χ0) is 15.1. The predicted molar refractivity (Wildman–Crippen MR) is 88.3 cm³/mol. The third-order valence-electron chi connectivity index (χ3n) is 3.46. The van der Waals surface area contributed by atoms with E-state index in [4.69, 9.17) is 17.3 Å². The summed E-state index contributed by atoms with van der Waals surface area (Å²) in [5.41, 5.74) is 7.40. The molecule has 1 aromatic carbocycles. The van der Waals surface area contributed by atoms with Crippen molar-refractivity contribution in [1.29, 1.82) is 0 Å². The molecule has 2 atom stereocenters. The molecule has 2 N–H and O–H groups in total. The second-order valence-electron chi connectivity index (χ2n) is 5.66. The summed E-state index contributed by atoms with van der Waals surface area (Å²) in [6.45, 7) is 7.32. The predicted octanol–water partition coefficient (Wildman–Crippen LogP) is 3.00. The van der Waals surface area contributed by atoms with E-state index in [9.17, 15) is 0 Å². The molecule has 0 heterocycles. The molecule has 0 spiro atoms. The molecule has 0 aliphatic heterocycles. The van der Waals surface area contributed by atoms with E-state index in [0.717, 1.165) is 36.6 Å². The normalized spacial score (nSPS) is 14.8. The average Bonchev–Trinajstić information content (AvgIpc) is 2.38. The van der Waals surface area contributed by atoms with Crippen molar-refractivity contribution >= 4 is 11.6 Å². The highest BCUT2D eigenvalue weighted by molar-refractivity contribution is 6.31. The van der Waals surface area contributed by atoms with Crippen molar-refractivity contribution in [2.45, 2.75) is 32.4 Å². The largest absolute Gasteiger partial charge is 0.326 e. The summed E-state index contributed by atoms with van der Waals surface area (Å²) in [7, 11) is 4.20. The Bertz CT molecular complexity index is 393. The lowest BCUT2D eigenvalue weighted by Crippen LogP contribution is -2.43. The number of hydrogen-bond acceptors (Lipinski definition) is 3. The van der Waals surface area contributed by atoms with Crippen LogP contribution < -0.4 is 5.73 Å². The molecule has 1 rings (SSSR count). The summed E-state index contributed by atoms with van der Waals surface area (Å²) in [6.07, 6.45) is 1.11. The van der Waals surface area contributed by atoms with Gasteiger partial charge in [-0.25, -0.2) is 0 Å². The quantitative estimate of drug-likeness (QED) is 0.800. The first kappa shape index (κ1) is 17.4. The Labute approximate surface area is 128 Å². The van der Waals surface area contributed by atoms with Gasteiger partial charge in [-0.15, -0.1) is 0 Å². The third-order valence-corrected chi connectivity index (χ3v) is 3.80. The van der Waals surface area contributed by atoms with Crippen LogP contribution in [0.1, 0.15) is 31.9 Å². The molecular formula is C16H28ClN3. The lowest BCUT2D eigenvalue weighted by atomic mass is 9.98. The van der Waals surface area contributed by atoms with Crippen molar-refractivity contribution in [1.82, 2.24) is 9.80 Å². The maximum absolute atomic E-state index is 6.38. The molecule has 2 unspecified atom stereocenters. The number of rotatable bonds is 8. The van der Waals surface area contributed by atoms with E-state index in [2.05, 4.69) is 43.8 Å². The molecule has 0 aliphatic carbocycles. The molecule has 0 aliphatic rings. The molecule has 0 fully saturated rings. The SMILES string of the molecule is CCCN(CCN(C)C)C(c1ccccc1Cl)C(C)N. The van der Waals surface area contributed by atoms with Gasteiger partial charge < -0.3 is 10.6 Å². The second-order valence-corrected chi connectivity index (χ2v) is 6.07. The monoisotopic (exact) mass is 297 g/mol. The van der Waals surface area contributed by atoms with Crippen molar-refractivity contribution < 1.29 is 0 Å². The zero-order valence-corrected chi connectivity index (χ0v) is 13.9. The number of halogens is 1. The van der Waals surface area contributed by atoms with Crippen LogP contribution in [0.3, 0.4) is 0 Å². The van der Waals surface area contributed by atoms with Gasteiger partial charge in [0.1, 0.15) is 0 Å². The average molecular weight is 298 g/mol. The first-order valence-corrected chi connectivity index (χ1v) is 7.74. The van der Waals surface area contributed by atoms with Crippen molar-refractivity contribution in [3.63, 3.8) is 0 Å². The molecule has 0 bridgehead atoms. The summed E-state index contributed by atoms with van der Waals surface area (Å²) < 4.78 is 0. The minimum atomic E-state index is 0.0450. The molecule has 114 valence electrons. The van der Waals surface area contributed by atoms with Gasteiger partial charge in [0.25, 0.3) is 0 Å². The van der Waals surface area contributed by atoms with Crippen LogP contribution in [0.4, 0.5) is 0 Å². The van der Waals surface area contributed by atoms with E-state index < -0.39 is 0 Å². The van der Waals surface area contributed by atoms with E-state index in [1.54, 1.807) is 0 Å². The van der Waals surface area contributed by atoms with Gasteiger partial charge in [-0.3, -0.25) is 4.90 Å². The fourth-order valence-corrected chi connectivity index (χ4v) is 2.78. The van der Waals surface area contributed by atoms with Crippen LogP contribution in [0.15, 0.2) is 24.3 Å². The summed E-state index contributed by atoms with van der Waals surface area (Å²) in [5.74, 6) is 0. The lowest BCUT2D eigenvalue weighted by Gasteiger charge is -2.35. The van der Waals surface area contributed by atoms with Crippen molar-refractivity contribution in [3.05, 3.63) is 34.9 Å². The van der Waals surface area contributed by atoms with Gasteiger partial charge >= 0.3 is 0 Å². The molecule has 0 amide bonds. The van der Waals surface area contributed by atoms with Crippen LogP contribution in [-0.4, -0.2) is 49.6 Å². The van der Waals surface area contributed by atoms with Crippen molar-refractivity contribution in [2.75, 3.05) is 33.7 Å². The minimum Gasteiger partial charge on any atom is -0.326 e. The Morgan fingerprint density at radius 1 is 1.15 bits per heavy atom. The Morgan fingerprint density at radius 3 is 2.30 bits per heavy atom. The van der Waals surface area contributed by atoms with Crippen LogP contribution in [0, 0.1) is 0 Å². The maximum atomic E-state index is 6.38. The first-order chi connectivity index (χ1) is 9.47. The summed E-state index contributed by atoms with van der Waals surface area (Å²) in [6, 6.07) is 8.25. The number of hydrogen-bond donors (Lipinski definition) is 1. The van der Waals surface area contributed by atoms with Crippen LogP contribution in [-0.2, 0) is 0 Å². The van der Waals surface area contributed by atoms with Crippen LogP contribution in [0.5, 0.6) is 0 Å². The maximum Gasteiger partial charge on any atom is 0.0511 e. The molecule has 0 saturated heterocycles. The number of benzene rings is 1. The summed E-state index contributed by atoms with van der Waals surface area (Å²) in [5, 5.41) is 0.806. The summed E-state index contributed by atoms with van der Waals surface area (Å²) in [4.78, 5) is 4.65. The number of nitrogens with two attached hydrogens (primary N) is 1. The van der Waals surface area contributed by atoms with Gasteiger partial charge in [-0.1, -0.05) is 36.7 Å². The van der Waals surface area contributed by atoms with Gasteiger partial charge in [-0.05, 0) is 45.6 Å². The molecule has 3 nitrogen and oxygen atoms in total. The van der Waals surface area contributed by atoms with Crippen LogP contribution in [0.25, 0.3) is 0 Å². The Balaban J connectivity index is 2.99. The molecule has 4 heteroatoms. The minimum absolute atomic E-state index is 0.0450. The van der Waals surface area contributed by atoms with Crippen molar-refractivity contribution in [3.8, 4) is 0 Å². The van der Waals surface area contributed by atoms with E-state index >= 15 is 0 Å². The molecule has 20 heavy (non-hydrogen) atoms. The molecule has 1 aromatic rings. The van der Waals surface area contributed by atoms with Gasteiger partial charge in [0.15, 0.2) is 0 Å². The molecule has 0 saturated carbocycles. The fraction of sp³-hybridized carbons (Fsp3) is 0.625. The molecule has 0 radical (unpaired) electrons. The standard InChI is InChI=1S/C16H28ClN3/c1-5-10-20(12-11-19(3)4)16(13(2)18)14-8-6-7-9-15(14)17/h6-9,13,16H,5,10-12,18H2,1-4H3. The summed E-state index contributed by atoms with van der Waals surface area (Å²) >= 11 is 6.38. The van der Waals surface area contributed by atoms with E-state index in [-0.39, 0.29) is 12.1 Å². The Morgan fingerprint density at radius 2 is 1.80 bits per heavy atom. The lowest BCUT2D eigenvalue weighted by molar-refractivity contribution is 0.161. The Hall–Kier alpha value is -0.610. The third kappa shape index (κ3) is 5.06. The van der Waals surface area contributed by atoms with E-state index in [1.807, 2.05) is 18.2 Å². The van der Waals surface area contributed by atoms with Crippen molar-refractivity contribution in [2.24, 2.45) is 5.73 Å². The van der Waals surface area contributed by atoms with Gasteiger partial charge in [0.2, 0.25) is 0 Å². The van der Waals surface area contributed by atoms with Gasteiger partial charge in [0.05, 0.1) is 6.04 Å². The van der Waals surface area contributed by atoms with Crippen LogP contribution >= 0.6 is 11.6 Å². The van der Waals surface area contributed by atoms with Gasteiger partial charge in [-0.2, -0.15) is 0 Å². The van der Waals surface area contributed by atoms with Crippen LogP contribution in [0.2, 0.25) is 5.02 Å². The highest BCUT2D eigenvalue weighted by Crippen LogP contribution is 2.29. The first-order valence-electron chi connectivity index (χ1n) is 7.36. The molecular weight excluding hydrogens is 270 g/mol. The zero-order valence-electron chi connectivity index (χ0n) is 13.1. The topological polar surface area (TPSA) is 32.5 Å².